The number of hydrogen-bond acceptors (Lipinski definition) is 4. The van der Waals surface area contributed by atoms with E-state index < -0.39 is 0 Å². The van der Waals surface area contributed by atoms with Crippen LogP contribution in [0.5, 0.6) is 0 Å². The lowest BCUT2D eigenvalue weighted by Crippen LogP contribution is -2.02. The third kappa shape index (κ3) is 2.38. The Hall–Kier alpha value is -2.69. The van der Waals surface area contributed by atoms with Crippen LogP contribution in [0.25, 0.3) is 22.6 Å². The van der Waals surface area contributed by atoms with Gasteiger partial charge in [0.05, 0.1) is 17.0 Å². The predicted molar refractivity (Wildman–Crippen MR) is 83.6 cm³/mol. The van der Waals surface area contributed by atoms with E-state index >= 15 is 0 Å². The second kappa shape index (κ2) is 5.01. The van der Waals surface area contributed by atoms with Gasteiger partial charge in [-0.15, -0.1) is 0 Å². The van der Waals surface area contributed by atoms with Crippen molar-refractivity contribution in [2.45, 2.75) is 13.8 Å². The SMILES string of the molecule is Cc1nn(C)cc1-c1nc(N)c(C)c(-c2ccccc2)n1. The molecule has 3 rings (SSSR count). The van der Waals surface area contributed by atoms with Crippen LogP contribution in [0.1, 0.15) is 11.3 Å². The number of hydrogen-bond donors (Lipinski definition) is 1. The fraction of sp³-hybridized carbons (Fsp3) is 0.188. The van der Waals surface area contributed by atoms with Crippen molar-refractivity contribution in [1.82, 2.24) is 19.7 Å². The molecule has 0 unspecified atom stereocenters. The average molecular weight is 279 g/mol. The number of rotatable bonds is 2. The number of aromatic nitrogens is 4. The molecule has 106 valence electrons. The zero-order valence-corrected chi connectivity index (χ0v) is 12.3. The quantitative estimate of drug-likeness (QED) is 0.783. The summed E-state index contributed by atoms with van der Waals surface area (Å²) in [6.07, 6.45) is 1.91. The second-order valence-electron chi connectivity index (χ2n) is 5.07. The molecule has 2 aromatic heterocycles. The highest BCUT2D eigenvalue weighted by molar-refractivity contribution is 5.71. The summed E-state index contributed by atoms with van der Waals surface area (Å²) in [5.41, 5.74) is 10.7. The van der Waals surface area contributed by atoms with Gasteiger partial charge in [0.1, 0.15) is 5.82 Å². The van der Waals surface area contributed by atoms with E-state index in [1.165, 1.54) is 0 Å². The number of nitrogen functional groups attached to an aromatic ring is 1. The van der Waals surface area contributed by atoms with Crippen molar-refractivity contribution >= 4 is 5.82 Å². The summed E-state index contributed by atoms with van der Waals surface area (Å²) in [6.45, 7) is 3.88. The Morgan fingerprint density at radius 2 is 1.76 bits per heavy atom. The van der Waals surface area contributed by atoms with Gasteiger partial charge in [-0.2, -0.15) is 5.10 Å². The summed E-state index contributed by atoms with van der Waals surface area (Å²) in [6, 6.07) is 10.0. The van der Waals surface area contributed by atoms with Gasteiger partial charge in [-0.25, -0.2) is 9.97 Å². The smallest absolute Gasteiger partial charge is 0.165 e. The minimum Gasteiger partial charge on any atom is -0.383 e. The molecule has 0 amide bonds. The van der Waals surface area contributed by atoms with Crippen LogP contribution in [-0.2, 0) is 7.05 Å². The first-order chi connectivity index (χ1) is 10.1. The van der Waals surface area contributed by atoms with Crippen LogP contribution < -0.4 is 5.73 Å². The van der Waals surface area contributed by atoms with Crippen molar-refractivity contribution in [3.05, 3.63) is 47.8 Å². The van der Waals surface area contributed by atoms with E-state index in [9.17, 15) is 0 Å². The number of nitrogens with two attached hydrogens (primary N) is 1. The Labute approximate surface area is 123 Å². The van der Waals surface area contributed by atoms with Crippen LogP contribution in [0.15, 0.2) is 36.5 Å². The summed E-state index contributed by atoms with van der Waals surface area (Å²) in [7, 11) is 1.88. The molecule has 0 bridgehead atoms. The molecule has 5 nitrogen and oxygen atoms in total. The van der Waals surface area contributed by atoms with Crippen molar-refractivity contribution in [2.24, 2.45) is 7.05 Å². The summed E-state index contributed by atoms with van der Waals surface area (Å²) in [5.74, 6) is 1.12. The number of anilines is 1. The van der Waals surface area contributed by atoms with E-state index in [4.69, 9.17) is 10.7 Å². The Kier molecular flexibility index (Phi) is 3.17. The molecule has 2 heterocycles. The lowest BCUT2D eigenvalue weighted by atomic mass is 10.1. The number of benzene rings is 1. The maximum atomic E-state index is 6.07. The normalized spacial score (nSPS) is 10.8. The van der Waals surface area contributed by atoms with Crippen molar-refractivity contribution < 1.29 is 0 Å². The fourth-order valence-electron chi connectivity index (χ4n) is 2.35. The first kappa shape index (κ1) is 13.3. The number of aryl methyl sites for hydroxylation is 2. The van der Waals surface area contributed by atoms with Crippen LogP contribution >= 0.6 is 0 Å². The van der Waals surface area contributed by atoms with Crippen LogP contribution in [0.2, 0.25) is 0 Å². The van der Waals surface area contributed by atoms with Crippen LogP contribution in [-0.4, -0.2) is 19.7 Å². The summed E-state index contributed by atoms with van der Waals surface area (Å²) in [5, 5.41) is 4.34. The molecular formula is C16H17N5. The minimum atomic E-state index is 0.502. The molecule has 0 saturated carbocycles. The summed E-state index contributed by atoms with van der Waals surface area (Å²) in [4.78, 5) is 9.12. The topological polar surface area (TPSA) is 69.6 Å². The monoisotopic (exact) mass is 279 g/mol. The molecule has 5 heteroatoms. The van der Waals surface area contributed by atoms with Gasteiger partial charge < -0.3 is 5.73 Å². The van der Waals surface area contributed by atoms with Crippen molar-refractivity contribution in [2.75, 3.05) is 5.73 Å². The molecule has 3 aromatic rings. The first-order valence-corrected chi connectivity index (χ1v) is 6.76. The molecule has 0 aliphatic rings. The highest BCUT2D eigenvalue weighted by atomic mass is 15.3. The lowest BCUT2D eigenvalue weighted by Gasteiger charge is -2.09. The standard InChI is InChI=1S/C16H17N5/c1-10-14(12-7-5-4-6-8-12)18-16(19-15(10)17)13-9-21(3)20-11(13)2/h4-9H,1-3H3,(H2,17,18,19). The minimum absolute atomic E-state index is 0.502. The van der Waals surface area contributed by atoms with Gasteiger partial charge in [-0.05, 0) is 13.8 Å². The summed E-state index contributed by atoms with van der Waals surface area (Å²) < 4.78 is 1.76. The molecule has 0 atom stereocenters. The molecule has 2 N–H and O–H groups in total. The van der Waals surface area contributed by atoms with Crippen molar-refractivity contribution in [3.8, 4) is 22.6 Å². The van der Waals surface area contributed by atoms with Gasteiger partial charge in [0.25, 0.3) is 0 Å². The fourth-order valence-corrected chi connectivity index (χ4v) is 2.35. The lowest BCUT2D eigenvalue weighted by molar-refractivity contribution is 0.756. The molecule has 21 heavy (non-hydrogen) atoms. The van der Waals surface area contributed by atoms with Crippen LogP contribution in [0.4, 0.5) is 5.82 Å². The maximum absolute atomic E-state index is 6.07. The van der Waals surface area contributed by atoms with Crippen LogP contribution in [0.3, 0.4) is 0 Å². The largest absolute Gasteiger partial charge is 0.383 e. The molecule has 0 aliphatic carbocycles. The molecular weight excluding hydrogens is 262 g/mol. The molecule has 0 spiro atoms. The Morgan fingerprint density at radius 1 is 1.05 bits per heavy atom. The van der Waals surface area contributed by atoms with Gasteiger partial charge in [0.2, 0.25) is 0 Å². The highest BCUT2D eigenvalue weighted by Gasteiger charge is 2.15. The van der Waals surface area contributed by atoms with E-state index in [2.05, 4.69) is 10.1 Å². The molecule has 0 aliphatic heterocycles. The Morgan fingerprint density at radius 3 is 2.38 bits per heavy atom. The third-order valence-corrected chi connectivity index (χ3v) is 3.49. The number of nitrogens with zero attached hydrogens (tertiary/aromatic N) is 4. The summed E-state index contributed by atoms with van der Waals surface area (Å²) >= 11 is 0. The molecule has 0 fully saturated rings. The van der Waals surface area contributed by atoms with Gasteiger partial charge >= 0.3 is 0 Å². The zero-order chi connectivity index (χ0) is 15.0. The van der Waals surface area contributed by atoms with E-state index in [1.54, 1.807) is 4.68 Å². The van der Waals surface area contributed by atoms with Crippen LogP contribution in [0, 0.1) is 13.8 Å². The van der Waals surface area contributed by atoms with Gasteiger partial charge in [0, 0.05) is 24.4 Å². The maximum Gasteiger partial charge on any atom is 0.165 e. The van der Waals surface area contributed by atoms with Crippen molar-refractivity contribution in [3.63, 3.8) is 0 Å². The van der Waals surface area contributed by atoms with E-state index in [1.807, 2.05) is 57.4 Å². The third-order valence-electron chi connectivity index (χ3n) is 3.49. The van der Waals surface area contributed by atoms with E-state index in [0.717, 1.165) is 28.1 Å². The molecule has 1 aromatic carbocycles. The Balaban J connectivity index is 2.21. The Bertz CT molecular complexity index is 790. The van der Waals surface area contributed by atoms with Gasteiger partial charge in [-0.1, -0.05) is 30.3 Å². The van der Waals surface area contributed by atoms with Gasteiger partial charge in [0.15, 0.2) is 5.82 Å². The van der Waals surface area contributed by atoms with Crippen molar-refractivity contribution in [1.29, 1.82) is 0 Å². The van der Waals surface area contributed by atoms with Gasteiger partial charge in [-0.3, -0.25) is 4.68 Å². The molecule has 0 saturated heterocycles. The second-order valence-corrected chi connectivity index (χ2v) is 5.07. The zero-order valence-electron chi connectivity index (χ0n) is 12.3. The average Bonchev–Trinajstić information content (AvgIpc) is 2.81. The van der Waals surface area contributed by atoms with E-state index in [0.29, 0.717) is 11.6 Å². The van der Waals surface area contributed by atoms with E-state index in [-0.39, 0.29) is 0 Å². The highest BCUT2D eigenvalue weighted by Crippen LogP contribution is 2.28. The first-order valence-electron chi connectivity index (χ1n) is 6.76. The predicted octanol–water partition coefficient (Wildman–Crippen LogP) is 2.74. The molecule has 0 radical (unpaired) electrons.